The van der Waals surface area contributed by atoms with Crippen molar-refractivity contribution in [3.05, 3.63) is 0 Å². The average molecular weight is 293 g/mol. The summed E-state index contributed by atoms with van der Waals surface area (Å²) in [5.41, 5.74) is 0. The highest BCUT2D eigenvalue weighted by molar-refractivity contribution is 5.80. The van der Waals surface area contributed by atoms with E-state index in [4.69, 9.17) is 0 Å². The molecule has 0 aromatic carbocycles. The Hall–Kier alpha value is -0.330. The molecule has 3 unspecified atom stereocenters. The second kappa shape index (κ2) is 8.34. The minimum Gasteiger partial charge on any atom is -0.299 e. The van der Waals surface area contributed by atoms with Crippen LogP contribution in [0.3, 0.4) is 0 Å². The fourth-order valence-corrected chi connectivity index (χ4v) is 5.14. The van der Waals surface area contributed by atoms with Gasteiger partial charge in [0.1, 0.15) is 5.78 Å². The van der Waals surface area contributed by atoms with E-state index in [1.165, 1.54) is 64.2 Å². The highest BCUT2D eigenvalue weighted by atomic mass is 16.1. The molecular formula is C20H36O. The summed E-state index contributed by atoms with van der Waals surface area (Å²) in [7, 11) is 0. The molecule has 0 aromatic rings. The van der Waals surface area contributed by atoms with E-state index in [0.29, 0.717) is 11.7 Å². The van der Waals surface area contributed by atoms with Crippen LogP contribution in [0, 0.1) is 29.6 Å². The average Bonchev–Trinajstić information content (AvgIpc) is 2.52. The van der Waals surface area contributed by atoms with Crippen LogP contribution in [0.15, 0.2) is 0 Å². The number of hydrogen-bond donors (Lipinski definition) is 0. The molecular weight excluding hydrogens is 256 g/mol. The molecule has 122 valence electrons. The molecule has 2 fully saturated rings. The zero-order valence-electron chi connectivity index (χ0n) is 14.6. The molecule has 2 aliphatic carbocycles. The lowest BCUT2D eigenvalue weighted by Gasteiger charge is -2.41. The first kappa shape index (κ1) is 17.0. The highest BCUT2D eigenvalue weighted by Crippen LogP contribution is 2.45. The van der Waals surface area contributed by atoms with Crippen molar-refractivity contribution < 1.29 is 4.79 Å². The van der Waals surface area contributed by atoms with Crippen LogP contribution >= 0.6 is 0 Å². The number of unbranched alkanes of at least 4 members (excludes halogenated alkanes) is 1. The molecule has 2 saturated carbocycles. The third-order valence-corrected chi connectivity index (χ3v) is 6.49. The van der Waals surface area contributed by atoms with E-state index in [9.17, 15) is 4.79 Å². The molecule has 1 heteroatoms. The summed E-state index contributed by atoms with van der Waals surface area (Å²) in [6.45, 7) is 6.84. The van der Waals surface area contributed by atoms with Gasteiger partial charge in [0.05, 0.1) is 0 Å². The second-order valence-corrected chi connectivity index (χ2v) is 7.89. The number of Topliss-reactive ketones (excluding diaryl/α,β-unsaturated/α-hetero) is 1. The van der Waals surface area contributed by atoms with E-state index in [1.54, 1.807) is 0 Å². The minimum absolute atomic E-state index is 0.405. The Bertz CT molecular complexity index is 314. The summed E-state index contributed by atoms with van der Waals surface area (Å²) < 4.78 is 0. The molecule has 21 heavy (non-hydrogen) atoms. The molecule has 0 N–H and O–H groups in total. The Balaban J connectivity index is 1.78. The lowest BCUT2D eigenvalue weighted by Crippen LogP contribution is -2.32. The predicted molar refractivity (Wildman–Crippen MR) is 90.3 cm³/mol. The minimum atomic E-state index is 0.405. The van der Waals surface area contributed by atoms with Gasteiger partial charge in [0.25, 0.3) is 0 Å². The van der Waals surface area contributed by atoms with Crippen LogP contribution in [-0.2, 0) is 4.79 Å². The Morgan fingerprint density at radius 3 is 2.29 bits per heavy atom. The first-order chi connectivity index (χ1) is 10.2. The molecule has 2 rings (SSSR count). The van der Waals surface area contributed by atoms with Gasteiger partial charge in [-0.05, 0) is 62.2 Å². The molecule has 0 aromatic heterocycles. The number of rotatable bonds is 6. The van der Waals surface area contributed by atoms with Crippen LogP contribution in [-0.4, -0.2) is 5.78 Å². The SMILES string of the molecule is CCCCC1CCC(C2CCC(C(=O)CC)CC2)C(C)C1. The summed E-state index contributed by atoms with van der Waals surface area (Å²) in [4.78, 5) is 11.9. The summed E-state index contributed by atoms with van der Waals surface area (Å²) in [5, 5.41) is 0. The summed E-state index contributed by atoms with van der Waals surface area (Å²) in [6, 6.07) is 0. The predicted octanol–water partition coefficient (Wildman–Crippen LogP) is 6.01. The number of ketones is 1. The first-order valence-corrected chi connectivity index (χ1v) is 9.68. The van der Waals surface area contributed by atoms with E-state index in [1.807, 2.05) is 6.92 Å². The van der Waals surface area contributed by atoms with Crippen LogP contribution in [0.1, 0.15) is 91.4 Å². The van der Waals surface area contributed by atoms with Gasteiger partial charge in [-0.25, -0.2) is 0 Å². The third kappa shape index (κ3) is 4.57. The van der Waals surface area contributed by atoms with E-state index < -0.39 is 0 Å². The quantitative estimate of drug-likeness (QED) is 0.585. The summed E-state index contributed by atoms with van der Waals surface area (Å²) in [5.74, 6) is 4.74. The van der Waals surface area contributed by atoms with E-state index in [0.717, 1.165) is 30.1 Å². The van der Waals surface area contributed by atoms with Crippen LogP contribution in [0.2, 0.25) is 0 Å². The molecule has 1 nitrogen and oxygen atoms in total. The zero-order chi connectivity index (χ0) is 15.2. The molecule has 3 atom stereocenters. The van der Waals surface area contributed by atoms with Crippen LogP contribution in [0.5, 0.6) is 0 Å². The number of carbonyl (C=O) groups excluding carboxylic acids is 1. The Labute approximate surface area is 132 Å². The van der Waals surface area contributed by atoms with Crippen molar-refractivity contribution in [2.24, 2.45) is 29.6 Å². The van der Waals surface area contributed by atoms with Crippen molar-refractivity contribution in [3.63, 3.8) is 0 Å². The topological polar surface area (TPSA) is 17.1 Å². The van der Waals surface area contributed by atoms with Gasteiger partial charge in [0, 0.05) is 12.3 Å². The van der Waals surface area contributed by atoms with Crippen molar-refractivity contribution >= 4 is 5.78 Å². The Morgan fingerprint density at radius 1 is 1.00 bits per heavy atom. The van der Waals surface area contributed by atoms with Crippen molar-refractivity contribution in [2.45, 2.75) is 91.4 Å². The van der Waals surface area contributed by atoms with Crippen molar-refractivity contribution in [1.82, 2.24) is 0 Å². The standard InChI is InChI=1S/C20H36O/c1-4-6-7-16-8-13-19(15(3)14-16)17-9-11-18(12-10-17)20(21)5-2/h15-19H,4-14H2,1-3H3. The number of carbonyl (C=O) groups is 1. The number of hydrogen-bond acceptors (Lipinski definition) is 1. The van der Waals surface area contributed by atoms with E-state index in [2.05, 4.69) is 13.8 Å². The van der Waals surface area contributed by atoms with Crippen molar-refractivity contribution in [3.8, 4) is 0 Å². The first-order valence-electron chi connectivity index (χ1n) is 9.68. The van der Waals surface area contributed by atoms with Crippen LogP contribution < -0.4 is 0 Å². The molecule has 0 bridgehead atoms. The maximum atomic E-state index is 11.9. The van der Waals surface area contributed by atoms with Gasteiger partial charge in [-0.2, -0.15) is 0 Å². The molecule has 0 heterocycles. The molecule has 0 aliphatic heterocycles. The van der Waals surface area contributed by atoms with Gasteiger partial charge in [0.2, 0.25) is 0 Å². The molecule has 0 spiro atoms. The maximum absolute atomic E-state index is 11.9. The smallest absolute Gasteiger partial charge is 0.135 e. The molecule has 0 saturated heterocycles. The highest BCUT2D eigenvalue weighted by Gasteiger charge is 2.35. The van der Waals surface area contributed by atoms with Gasteiger partial charge in [0.15, 0.2) is 0 Å². The fourth-order valence-electron chi connectivity index (χ4n) is 5.14. The largest absolute Gasteiger partial charge is 0.299 e. The van der Waals surface area contributed by atoms with Crippen molar-refractivity contribution in [2.75, 3.05) is 0 Å². The zero-order valence-corrected chi connectivity index (χ0v) is 14.6. The molecule has 2 aliphatic rings. The van der Waals surface area contributed by atoms with Gasteiger partial charge in [-0.15, -0.1) is 0 Å². The fraction of sp³-hybridized carbons (Fsp3) is 0.950. The van der Waals surface area contributed by atoms with Gasteiger partial charge in [-0.1, -0.05) is 46.5 Å². The molecule has 0 radical (unpaired) electrons. The lowest BCUT2D eigenvalue weighted by molar-refractivity contribution is -0.124. The van der Waals surface area contributed by atoms with Crippen LogP contribution in [0.4, 0.5) is 0 Å². The lowest BCUT2D eigenvalue weighted by atomic mass is 9.64. The van der Waals surface area contributed by atoms with Gasteiger partial charge < -0.3 is 0 Å². The monoisotopic (exact) mass is 292 g/mol. The van der Waals surface area contributed by atoms with Crippen molar-refractivity contribution in [1.29, 1.82) is 0 Å². The Morgan fingerprint density at radius 2 is 1.71 bits per heavy atom. The normalized spacial score (nSPS) is 37.4. The van der Waals surface area contributed by atoms with Gasteiger partial charge >= 0.3 is 0 Å². The van der Waals surface area contributed by atoms with E-state index >= 15 is 0 Å². The van der Waals surface area contributed by atoms with E-state index in [-0.39, 0.29) is 0 Å². The summed E-state index contributed by atoms with van der Waals surface area (Å²) in [6.07, 6.45) is 14.4. The maximum Gasteiger partial charge on any atom is 0.135 e. The van der Waals surface area contributed by atoms with Crippen LogP contribution in [0.25, 0.3) is 0 Å². The Kier molecular flexibility index (Phi) is 6.76. The third-order valence-electron chi connectivity index (χ3n) is 6.49. The molecule has 0 amide bonds. The second-order valence-electron chi connectivity index (χ2n) is 7.89. The van der Waals surface area contributed by atoms with Gasteiger partial charge in [-0.3, -0.25) is 4.79 Å². The summed E-state index contributed by atoms with van der Waals surface area (Å²) >= 11 is 0.